The van der Waals surface area contributed by atoms with Gasteiger partial charge < -0.3 is 10.3 Å². The number of halogens is 1. The van der Waals surface area contributed by atoms with Gasteiger partial charge >= 0.3 is 0 Å². The third kappa shape index (κ3) is 2.28. The summed E-state index contributed by atoms with van der Waals surface area (Å²) in [6, 6.07) is 11.4. The summed E-state index contributed by atoms with van der Waals surface area (Å²) in [4.78, 5) is 11.8. The number of anilines is 1. The van der Waals surface area contributed by atoms with Gasteiger partial charge in [-0.3, -0.25) is 4.98 Å². The Bertz CT molecular complexity index is 663. The van der Waals surface area contributed by atoms with Crippen molar-refractivity contribution >= 4 is 28.6 Å². The highest BCUT2D eigenvalue weighted by molar-refractivity contribution is 6.31. The van der Waals surface area contributed by atoms with E-state index in [0.29, 0.717) is 11.6 Å². The van der Waals surface area contributed by atoms with Crippen molar-refractivity contribution in [1.82, 2.24) is 15.0 Å². The highest BCUT2D eigenvalue weighted by Crippen LogP contribution is 2.19. The molecule has 3 aromatic rings. The molecule has 0 saturated heterocycles. The number of pyridine rings is 1. The molecule has 4 nitrogen and oxygen atoms in total. The number of H-pyrrole nitrogens is 1. The molecule has 0 fully saturated rings. The van der Waals surface area contributed by atoms with E-state index in [1.165, 1.54) is 0 Å². The predicted molar refractivity (Wildman–Crippen MR) is 72.7 cm³/mol. The van der Waals surface area contributed by atoms with Gasteiger partial charge in [-0.1, -0.05) is 17.7 Å². The van der Waals surface area contributed by atoms with Crippen molar-refractivity contribution in [2.75, 3.05) is 5.32 Å². The molecule has 18 heavy (non-hydrogen) atoms. The molecular weight excluding hydrogens is 248 g/mol. The molecule has 0 unspecified atom stereocenters. The van der Waals surface area contributed by atoms with E-state index in [1.54, 1.807) is 6.20 Å². The van der Waals surface area contributed by atoms with Gasteiger partial charge in [0.2, 0.25) is 5.95 Å². The number of aromatic amines is 1. The van der Waals surface area contributed by atoms with E-state index in [4.69, 9.17) is 11.6 Å². The molecule has 2 aromatic heterocycles. The van der Waals surface area contributed by atoms with Gasteiger partial charge in [-0.25, -0.2) is 4.98 Å². The maximum absolute atomic E-state index is 5.92. The Morgan fingerprint density at radius 2 is 2.17 bits per heavy atom. The molecule has 0 spiro atoms. The van der Waals surface area contributed by atoms with Crippen LogP contribution in [0.25, 0.3) is 11.0 Å². The fourth-order valence-electron chi connectivity index (χ4n) is 1.74. The Balaban J connectivity index is 1.79. The Morgan fingerprint density at radius 3 is 3.00 bits per heavy atom. The van der Waals surface area contributed by atoms with Crippen LogP contribution in [0.1, 0.15) is 5.69 Å². The summed E-state index contributed by atoms with van der Waals surface area (Å²) in [6.07, 6.45) is 1.77. The van der Waals surface area contributed by atoms with Gasteiger partial charge in [0.05, 0.1) is 23.3 Å². The van der Waals surface area contributed by atoms with Crippen LogP contribution >= 0.6 is 11.6 Å². The van der Waals surface area contributed by atoms with Crippen LogP contribution in [0.5, 0.6) is 0 Å². The Morgan fingerprint density at radius 1 is 1.22 bits per heavy atom. The molecule has 2 N–H and O–H groups in total. The number of hydrogen-bond donors (Lipinski definition) is 2. The van der Waals surface area contributed by atoms with Crippen LogP contribution in [0.4, 0.5) is 5.95 Å². The first-order valence-corrected chi connectivity index (χ1v) is 5.98. The molecule has 0 bridgehead atoms. The molecule has 0 aliphatic rings. The minimum absolute atomic E-state index is 0.633. The second-order valence-corrected chi connectivity index (χ2v) is 4.36. The molecule has 90 valence electrons. The van der Waals surface area contributed by atoms with Crippen LogP contribution < -0.4 is 5.32 Å². The number of imidazole rings is 1. The van der Waals surface area contributed by atoms with Crippen molar-refractivity contribution < 1.29 is 0 Å². The number of nitrogens with zero attached hydrogens (tertiary/aromatic N) is 2. The van der Waals surface area contributed by atoms with E-state index < -0.39 is 0 Å². The fraction of sp³-hybridized carbons (Fsp3) is 0.0769. The average molecular weight is 259 g/mol. The maximum Gasteiger partial charge on any atom is 0.201 e. The zero-order chi connectivity index (χ0) is 12.4. The number of aromatic nitrogens is 3. The molecule has 0 aliphatic heterocycles. The van der Waals surface area contributed by atoms with E-state index >= 15 is 0 Å². The van der Waals surface area contributed by atoms with Crippen LogP contribution in [0.2, 0.25) is 5.02 Å². The number of rotatable bonds is 3. The fourth-order valence-corrected chi connectivity index (χ4v) is 1.91. The van der Waals surface area contributed by atoms with E-state index in [2.05, 4.69) is 20.3 Å². The number of fused-ring (bicyclic) bond motifs is 1. The zero-order valence-electron chi connectivity index (χ0n) is 9.52. The van der Waals surface area contributed by atoms with Crippen LogP contribution in [-0.2, 0) is 6.54 Å². The average Bonchev–Trinajstić information content (AvgIpc) is 2.79. The molecule has 0 atom stereocenters. The first-order chi connectivity index (χ1) is 8.81. The molecular formula is C13H11ClN4. The van der Waals surface area contributed by atoms with Gasteiger partial charge in [-0.15, -0.1) is 0 Å². The second kappa shape index (κ2) is 4.66. The van der Waals surface area contributed by atoms with Crippen molar-refractivity contribution in [2.24, 2.45) is 0 Å². The zero-order valence-corrected chi connectivity index (χ0v) is 10.3. The van der Waals surface area contributed by atoms with E-state index in [0.717, 1.165) is 22.7 Å². The van der Waals surface area contributed by atoms with Crippen molar-refractivity contribution in [2.45, 2.75) is 6.54 Å². The van der Waals surface area contributed by atoms with E-state index in [9.17, 15) is 0 Å². The van der Waals surface area contributed by atoms with Crippen LogP contribution in [0, 0.1) is 0 Å². The maximum atomic E-state index is 5.92. The standard InChI is InChI=1S/C13H11ClN4/c14-9-4-5-11-12(7-9)18-13(17-11)16-8-10-3-1-2-6-15-10/h1-7H,8H2,(H2,16,17,18). The monoisotopic (exact) mass is 258 g/mol. The summed E-state index contributed by atoms with van der Waals surface area (Å²) >= 11 is 5.92. The molecule has 0 saturated carbocycles. The van der Waals surface area contributed by atoms with E-state index in [1.807, 2.05) is 36.4 Å². The summed E-state index contributed by atoms with van der Waals surface area (Å²) in [5.74, 6) is 0.720. The minimum Gasteiger partial charge on any atom is -0.350 e. The van der Waals surface area contributed by atoms with Gasteiger partial charge in [0.25, 0.3) is 0 Å². The quantitative estimate of drug-likeness (QED) is 0.758. The van der Waals surface area contributed by atoms with Crippen LogP contribution in [-0.4, -0.2) is 15.0 Å². The first-order valence-electron chi connectivity index (χ1n) is 5.60. The van der Waals surface area contributed by atoms with Gasteiger partial charge in [-0.2, -0.15) is 0 Å². The Kier molecular flexibility index (Phi) is 2.86. The lowest BCUT2D eigenvalue weighted by Gasteiger charge is -2.00. The highest BCUT2D eigenvalue weighted by atomic mass is 35.5. The lowest BCUT2D eigenvalue weighted by Crippen LogP contribution is -2.02. The normalized spacial score (nSPS) is 10.7. The van der Waals surface area contributed by atoms with E-state index in [-0.39, 0.29) is 0 Å². The largest absolute Gasteiger partial charge is 0.350 e. The van der Waals surface area contributed by atoms with Crippen molar-refractivity contribution in [3.63, 3.8) is 0 Å². The molecule has 3 rings (SSSR count). The van der Waals surface area contributed by atoms with Crippen molar-refractivity contribution in [3.8, 4) is 0 Å². The molecule has 0 amide bonds. The molecule has 0 aliphatic carbocycles. The SMILES string of the molecule is Clc1ccc2nc(NCc3ccccn3)[nH]c2c1. The summed E-state index contributed by atoms with van der Waals surface area (Å²) in [7, 11) is 0. The lowest BCUT2D eigenvalue weighted by molar-refractivity contribution is 1.02. The number of benzene rings is 1. The Hall–Kier alpha value is -2.07. The smallest absolute Gasteiger partial charge is 0.201 e. The molecule has 0 radical (unpaired) electrons. The second-order valence-electron chi connectivity index (χ2n) is 3.92. The van der Waals surface area contributed by atoms with Crippen LogP contribution in [0.3, 0.4) is 0 Å². The van der Waals surface area contributed by atoms with Gasteiger partial charge in [-0.05, 0) is 30.3 Å². The number of hydrogen-bond acceptors (Lipinski definition) is 3. The lowest BCUT2D eigenvalue weighted by atomic mass is 10.3. The minimum atomic E-state index is 0.633. The summed E-state index contributed by atoms with van der Waals surface area (Å²) in [5, 5.41) is 3.89. The van der Waals surface area contributed by atoms with Gasteiger partial charge in [0.1, 0.15) is 0 Å². The molecule has 5 heteroatoms. The third-order valence-electron chi connectivity index (χ3n) is 2.61. The van der Waals surface area contributed by atoms with Crippen molar-refractivity contribution in [3.05, 3.63) is 53.3 Å². The first kappa shape index (κ1) is 11.0. The third-order valence-corrected chi connectivity index (χ3v) is 2.84. The highest BCUT2D eigenvalue weighted by Gasteiger charge is 2.02. The van der Waals surface area contributed by atoms with Gasteiger partial charge in [0, 0.05) is 11.2 Å². The summed E-state index contributed by atoms with van der Waals surface area (Å²) in [5.41, 5.74) is 2.78. The summed E-state index contributed by atoms with van der Waals surface area (Å²) in [6.45, 7) is 0.633. The molecule has 2 heterocycles. The predicted octanol–water partition coefficient (Wildman–Crippen LogP) is 3.22. The number of nitrogens with one attached hydrogen (secondary N) is 2. The summed E-state index contributed by atoms with van der Waals surface area (Å²) < 4.78 is 0. The van der Waals surface area contributed by atoms with Gasteiger partial charge in [0.15, 0.2) is 0 Å². The van der Waals surface area contributed by atoms with Crippen LogP contribution in [0.15, 0.2) is 42.6 Å². The topological polar surface area (TPSA) is 53.6 Å². The Labute approximate surface area is 109 Å². The molecule has 1 aromatic carbocycles. The van der Waals surface area contributed by atoms with Crippen molar-refractivity contribution in [1.29, 1.82) is 0 Å².